The first kappa shape index (κ1) is 14.4. The molecule has 0 aliphatic rings. The van der Waals surface area contributed by atoms with E-state index in [0.29, 0.717) is 11.1 Å². The first-order valence-corrected chi connectivity index (χ1v) is 7.13. The summed E-state index contributed by atoms with van der Waals surface area (Å²) < 4.78 is 23.8. The van der Waals surface area contributed by atoms with Crippen molar-refractivity contribution in [1.29, 1.82) is 0 Å². The van der Waals surface area contributed by atoms with Crippen LogP contribution in [-0.4, -0.2) is 25.8 Å². The lowest BCUT2D eigenvalue weighted by atomic mass is 10.1. The summed E-state index contributed by atoms with van der Waals surface area (Å²) >= 11 is 0. The number of nitrogens with one attached hydrogen (secondary N) is 1. The van der Waals surface area contributed by atoms with Gasteiger partial charge in [0.05, 0.1) is 4.90 Å². The third kappa shape index (κ3) is 3.19. The topological polar surface area (TPSA) is 89.3 Å². The fourth-order valence-corrected chi connectivity index (χ4v) is 3.46. The van der Waals surface area contributed by atoms with Crippen molar-refractivity contribution in [3.8, 4) is 0 Å². The molecule has 1 N–H and O–H groups in total. The minimum Gasteiger partial charge on any atom is -0.385 e. The van der Waals surface area contributed by atoms with Gasteiger partial charge in [0.2, 0.25) is 9.84 Å². The molecular weight excluding hydrogens is 256 g/mol. The van der Waals surface area contributed by atoms with Crippen LogP contribution in [0.5, 0.6) is 0 Å². The number of nitro groups is 1. The maximum absolute atomic E-state index is 11.9. The van der Waals surface area contributed by atoms with Gasteiger partial charge in [0.1, 0.15) is 0 Å². The number of rotatable bonds is 5. The minimum atomic E-state index is -3.88. The average Bonchev–Trinajstić information content (AvgIpc) is 2.13. The number of benzene rings is 1. The number of aryl methyl sites for hydroxylation is 2. The van der Waals surface area contributed by atoms with Crippen molar-refractivity contribution in [3.63, 3.8) is 0 Å². The van der Waals surface area contributed by atoms with Crippen LogP contribution in [0.4, 0.5) is 5.69 Å². The minimum absolute atomic E-state index is 0.0563. The van der Waals surface area contributed by atoms with Gasteiger partial charge in [-0.1, -0.05) is 0 Å². The van der Waals surface area contributed by atoms with Gasteiger partial charge in [-0.25, -0.2) is 8.42 Å². The molecule has 7 heteroatoms. The summed E-state index contributed by atoms with van der Waals surface area (Å²) in [7, 11) is -3.88. The molecule has 0 aromatic heterocycles. The van der Waals surface area contributed by atoms with Crippen LogP contribution in [-0.2, 0) is 9.84 Å². The Morgan fingerprint density at radius 1 is 1.28 bits per heavy atom. The fraction of sp³-hybridized carbons (Fsp3) is 0.455. The molecule has 0 aliphatic heterocycles. The van der Waals surface area contributed by atoms with E-state index in [1.807, 2.05) is 6.92 Å². The maximum atomic E-state index is 11.9. The molecular formula is C11H16N2O4S. The highest BCUT2D eigenvalue weighted by atomic mass is 32.2. The second-order valence-corrected chi connectivity index (χ2v) is 5.94. The van der Waals surface area contributed by atoms with Crippen molar-refractivity contribution in [1.82, 2.24) is 0 Å². The molecule has 0 radical (unpaired) electrons. The van der Waals surface area contributed by atoms with Crippen LogP contribution in [0.3, 0.4) is 0 Å². The monoisotopic (exact) mass is 272 g/mol. The lowest BCUT2D eigenvalue weighted by Gasteiger charge is -2.12. The van der Waals surface area contributed by atoms with E-state index in [9.17, 15) is 18.5 Å². The van der Waals surface area contributed by atoms with Crippen molar-refractivity contribution in [3.05, 3.63) is 33.4 Å². The second-order valence-electron chi connectivity index (χ2n) is 4.05. The highest BCUT2D eigenvalue weighted by Gasteiger charge is 2.25. The quantitative estimate of drug-likeness (QED) is 0.651. The van der Waals surface area contributed by atoms with Crippen molar-refractivity contribution in [2.24, 2.45) is 0 Å². The van der Waals surface area contributed by atoms with E-state index in [1.165, 1.54) is 0 Å². The third-order valence-corrected chi connectivity index (χ3v) is 4.24. The molecule has 0 bridgehead atoms. The third-order valence-electron chi connectivity index (χ3n) is 2.43. The number of anilines is 1. The lowest BCUT2D eigenvalue weighted by Crippen LogP contribution is -2.17. The number of sulfone groups is 1. The molecule has 0 saturated heterocycles. The van der Waals surface area contributed by atoms with Crippen LogP contribution in [0.15, 0.2) is 17.0 Å². The first-order chi connectivity index (χ1) is 8.27. The molecule has 0 spiro atoms. The van der Waals surface area contributed by atoms with E-state index < -0.39 is 20.6 Å². The van der Waals surface area contributed by atoms with E-state index in [-0.39, 0.29) is 4.90 Å². The van der Waals surface area contributed by atoms with Gasteiger partial charge in [-0.05, 0) is 44.0 Å². The zero-order chi connectivity index (χ0) is 13.9. The van der Waals surface area contributed by atoms with E-state index in [1.54, 1.807) is 26.0 Å². The van der Waals surface area contributed by atoms with Gasteiger partial charge in [-0.2, -0.15) is 0 Å². The van der Waals surface area contributed by atoms with Crippen LogP contribution >= 0.6 is 0 Å². The highest BCUT2D eigenvalue weighted by Crippen LogP contribution is 2.25. The van der Waals surface area contributed by atoms with Gasteiger partial charge < -0.3 is 5.32 Å². The van der Waals surface area contributed by atoms with E-state index in [4.69, 9.17) is 0 Å². The van der Waals surface area contributed by atoms with Crippen LogP contribution in [0.2, 0.25) is 0 Å². The van der Waals surface area contributed by atoms with Crippen LogP contribution in [0.25, 0.3) is 0 Å². The molecule has 18 heavy (non-hydrogen) atoms. The Morgan fingerprint density at radius 2 is 1.78 bits per heavy atom. The van der Waals surface area contributed by atoms with Gasteiger partial charge in [0.25, 0.3) is 0 Å². The Bertz CT molecular complexity index is 543. The molecule has 0 heterocycles. The largest absolute Gasteiger partial charge is 0.385 e. The summed E-state index contributed by atoms with van der Waals surface area (Å²) in [5, 5.41) is 13.5. The fourth-order valence-electron chi connectivity index (χ4n) is 1.95. The van der Waals surface area contributed by atoms with Crippen molar-refractivity contribution < 1.29 is 13.3 Å². The van der Waals surface area contributed by atoms with Gasteiger partial charge in [-0.3, -0.25) is 10.1 Å². The summed E-state index contributed by atoms with van der Waals surface area (Å²) in [4.78, 5) is 9.62. The van der Waals surface area contributed by atoms with E-state index in [2.05, 4.69) is 5.32 Å². The van der Waals surface area contributed by atoms with Crippen LogP contribution in [0.1, 0.15) is 18.1 Å². The molecule has 0 aliphatic carbocycles. The molecule has 6 nitrogen and oxygen atoms in total. The molecule has 0 atom stereocenters. The Hall–Kier alpha value is -1.63. The smallest absolute Gasteiger partial charge is 0.305 e. The summed E-state index contributed by atoms with van der Waals surface area (Å²) in [5.74, 6) is -1.07. The van der Waals surface area contributed by atoms with Gasteiger partial charge in [0, 0.05) is 17.2 Å². The summed E-state index contributed by atoms with van der Waals surface area (Å²) in [5.41, 5.74) is 1.85. The Labute approximate surface area is 106 Å². The number of nitrogens with zero attached hydrogens (tertiary/aromatic N) is 1. The lowest BCUT2D eigenvalue weighted by molar-refractivity contribution is -0.458. The summed E-state index contributed by atoms with van der Waals surface area (Å²) in [6.45, 7) is 5.93. The van der Waals surface area contributed by atoms with Gasteiger partial charge >= 0.3 is 5.88 Å². The van der Waals surface area contributed by atoms with Gasteiger partial charge in [0.15, 0.2) is 0 Å². The first-order valence-electron chi connectivity index (χ1n) is 5.47. The molecule has 0 fully saturated rings. The summed E-state index contributed by atoms with van der Waals surface area (Å²) in [6.07, 6.45) is 0. The zero-order valence-corrected chi connectivity index (χ0v) is 11.4. The predicted octanol–water partition coefficient (Wildman–Crippen LogP) is 1.74. The van der Waals surface area contributed by atoms with Gasteiger partial charge in [-0.15, -0.1) is 0 Å². The molecule has 1 rings (SSSR count). The molecule has 0 unspecified atom stereocenters. The standard InChI is InChI=1S/C11H16N2O4S/c1-4-12-10-5-8(2)11(9(3)6-10)18(16,17)7-13(14)15/h5-6,12H,4,7H2,1-3H3. The number of hydrogen-bond acceptors (Lipinski definition) is 5. The molecule has 0 saturated carbocycles. The number of hydrogen-bond donors (Lipinski definition) is 1. The Morgan fingerprint density at radius 3 is 2.17 bits per heavy atom. The van der Waals surface area contributed by atoms with Crippen LogP contribution < -0.4 is 5.32 Å². The maximum Gasteiger partial charge on any atom is 0.305 e. The van der Waals surface area contributed by atoms with Crippen molar-refractivity contribution >= 4 is 15.5 Å². The van der Waals surface area contributed by atoms with Crippen molar-refractivity contribution in [2.45, 2.75) is 25.7 Å². The van der Waals surface area contributed by atoms with Crippen molar-refractivity contribution in [2.75, 3.05) is 17.7 Å². The predicted molar refractivity (Wildman–Crippen MR) is 69.1 cm³/mol. The average molecular weight is 272 g/mol. The highest BCUT2D eigenvalue weighted by molar-refractivity contribution is 7.91. The summed E-state index contributed by atoms with van der Waals surface area (Å²) in [6, 6.07) is 3.37. The van der Waals surface area contributed by atoms with E-state index in [0.717, 1.165) is 12.2 Å². The second kappa shape index (κ2) is 5.34. The SMILES string of the molecule is CCNc1cc(C)c(S(=O)(=O)C[N+](=O)[O-])c(C)c1. The molecule has 1 aromatic carbocycles. The van der Waals surface area contributed by atoms with Crippen LogP contribution in [0, 0.1) is 24.0 Å². The molecule has 0 amide bonds. The normalized spacial score (nSPS) is 11.3. The zero-order valence-electron chi connectivity index (χ0n) is 10.6. The van der Waals surface area contributed by atoms with E-state index >= 15 is 0 Å². The Kier molecular flexibility index (Phi) is 4.28. The Balaban J connectivity index is 3.30. The molecule has 1 aromatic rings. The molecule has 100 valence electrons.